The number of hydrogen-bond acceptors (Lipinski definition) is 3. The molecule has 0 saturated heterocycles. The minimum atomic E-state index is 0.0353. The molecule has 2 rings (SSSR count). The van der Waals surface area contributed by atoms with E-state index in [0.717, 1.165) is 18.0 Å². The maximum absolute atomic E-state index is 9.36. The first-order valence-electron chi connectivity index (χ1n) is 6.09. The third-order valence-corrected chi connectivity index (χ3v) is 3.09. The van der Waals surface area contributed by atoms with E-state index in [9.17, 15) is 5.11 Å². The maximum atomic E-state index is 9.36. The highest BCUT2D eigenvalue weighted by Gasteiger charge is 2.23. The van der Waals surface area contributed by atoms with E-state index in [0.29, 0.717) is 6.04 Å². The molecule has 1 saturated carbocycles. The van der Waals surface area contributed by atoms with E-state index in [-0.39, 0.29) is 12.6 Å². The number of rotatable bonds is 6. The lowest BCUT2D eigenvalue weighted by Crippen LogP contribution is -2.26. The second-order valence-electron chi connectivity index (χ2n) is 4.93. The molecule has 1 aromatic rings. The van der Waals surface area contributed by atoms with E-state index < -0.39 is 0 Å². The van der Waals surface area contributed by atoms with Crippen LogP contribution in [0.4, 0.5) is 0 Å². The van der Waals surface area contributed by atoms with E-state index in [1.165, 1.54) is 12.8 Å². The summed E-state index contributed by atoms with van der Waals surface area (Å²) in [6.07, 6.45) is 6.53. The molecule has 1 aliphatic carbocycles. The summed E-state index contributed by atoms with van der Waals surface area (Å²) < 4.78 is 1.93. The topological polar surface area (TPSA) is 50.1 Å². The van der Waals surface area contributed by atoms with Crippen molar-refractivity contribution in [2.45, 2.75) is 38.8 Å². The van der Waals surface area contributed by atoms with E-state index in [2.05, 4.69) is 24.3 Å². The zero-order valence-electron chi connectivity index (χ0n) is 10.1. The second kappa shape index (κ2) is 4.97. The molecule has 2 N–H and O–H groups in total. The highest BCUT2D eigenvalue weighted by Crippen LogP contribution is 2.28. The zero-order valence-corrected chi connectivity index (χ0v) is 10.1. The fraction of sp³-hybridized carbons (Fsp3) is 0.750. The number of nitrogens with zero attached hydrogens (tertiary/aromatic N) is 2. The third-order valence-electron chi connectivity index (χ3n) is 3.09. The average Bonchev–Trinajstić information content (AvgIpc) is 2.94. The summed E-state index contributed by atoms with van der Waals surface area (Å²) in [6.45, 7) is 5.35. The van der Waals surface area contributed by atoms with Gasteiger partial charge in [-0.25, -0.2) is 0 Å². The molecular formula is C12H21N3O. The van der Waals surface area contributed by atoms with Crippen molar-refractivity contribution >= 4 is 0 Å². The lowest BCUT2D eigenvalue weighted by molar-refractivity contribution is 0.243. The lowest BCUT2D eigenvalue weighted by atomic mass is 10.1. The van der Waals surface area contributed by atoms with Crippen LogP contribution in [0.1, 0.15) is 44.3 Å². The molecule has 1 aromatic heterocycles. The number of aromatic nitrogens is 2. The van der Waals surface area contributed by atoms with Gasteiger partial charge in [0.15, 0.2) is 0 Å². The Bertz CT molecular complexity index is 331. The molecule has 0 spiro atoms. The van der Waals surface area contributed by atoms with Crippen LogP contribution in [-0.2, 0) is 0 Å². The van der Waals surface area contributed by atoms with Crippen LogP contribution in [0.15, 0.2) is 12.4 Å². The molecule has 1 atom stereocenters. The smallest absolute Gasteiger partial charge is 0.0627 e. The van der Waals surface area contributed by atoms with E-state index in [1.807, 2.05) is 17.1 Å². The Morgan fingerprint density at radius 1 is 1.56 bits per heavy atom. The van der Waals surface area contributed by atoms with Gasteiger partial charge in [0.25, 0.3) is 0 Å². The third kappa shape index (κ3) is 2.83. The molecule has 4 nitrogen and oxygen atoms in total. The summed E-state index contributed by atoms with van der Waals surface area (Å²) in [5, 5.41) is 17.1. The Morgan fingerprint density at radius 3 is 2.81 bits per heavy atom. The Morgan fingerprint density at radius 2 is 2.31 bits per heavy atom. The van der Waals surface area contributed by atoms with Gasteiger partial charge in [0, 0.05) is 17.8 Å². The molecule has 1 fully saturated rings. The first-order valence-corrected chi connectivity index (χ1v) is 6.09. The van der Waals surface area contributed by atoms with Gasteiger partial charge in [-0.2, -0.15) is 5.10 Å². The predicted octanol–water partition coefficient (Wildman–Crippen LogP) is 1.50. The first-order chi connectivity index (χ1) is 7.70. The molecule has 0 aromatic carbocycles. The maximum Gasteiger partial charge on any atom is 0.0627 e. The van der Waals surface area contributed by atoms with Gasteiger partial charge in [-0.1, -0.05) is 0 Å². The average molecular weight is 223 g/mol. The predicted molar refractivity (Wildman–Crippen MR) is 63.2 cm³/mol. The Kier molecular flexibility index (Phi) is 3.61. The molecule has 1 aliphatic rings. The number of aliphatic hydroxyl groups excluding tert-OH is 1. The Hall–Kier alpha value is -0.870. The summed E-state index contributed by atoms with van der Waals surface area (Å²) in [6, 6.07) is 0.407. The van der Waals surface area contributed by atoms with E-state index in [4.69, 9.17) is 0 Å². The van der Waals surface area contributed by atoms with Gasteiger partial charge in [0.05, 0.1) is 18.8 Å². The Balaban J connectivity index is 1.94. The normalized spacial score (nSPS) is 18.0. The fourth-order valence-corrected chi connectivity index (χ4v) is 1.73. The van der Waals surface area contributed by atoms with Crippen molar-refractivity contribution in [2.24, 2.45) is 5.92 Å². The fourth-order valence-electron chi connectivity index (χ4n) is 1.73. The number of hydrogen-bond donors (Lipinski definition) is 2. The molecular weight excluding hydrogens is 202 g/mol. The van der Waals surface area contributed by atoms with Crippen molar-refractivity contribution in [2.75, 3.05) is 13.2 Å². The minimum absolute atomic E-state index is 0.0353. The summed E-state index contributed by atoms with van der Waals surface area (Å²) in [4.78, 5) is 0. The molecule has 4 heteroatoms. The Labute approximate surface area is 96.7 Å². The van der Waals surface area contributed by atoms with Crippen molar-refractivity contribution in [1.29, 1.82) is 0 Å². The van der Waals surface area contributed by atoms with Gasteiger partial charge in [-0.3, -0.25) is 4.68 Å². The van der Waals surface area contributed by atoms with Crippen LogP contribution < -0.4 is 5.32 Å². The van der Waals surface area contributed by atoms with Crippen LogP contribution in [0.3, 0.4) is 0 Å². The summed E-state index contributed by atoms with van der Waals surface area (Å²) in [7, 11) is 0. The molecule has 0 bridgehead atoms. The minimum Gasteiger partial charge on any atom is -0.394 e. The van der Waals surface area contributed by atoms with Crippen LogP contribution in [-0.4, -0.2) is 28.0 Å². The van der Waals surface area contributed by atoms with Crippen LogP contribution in [0, 0.1) is 5.92 Å². The van der Waals surface area contributed by atoms with Gasteiger partial charge >= 0.3 is 0 Å². The lowest BCUT2D eigenvalue weighted by Gasteiger charge is -2.14. The van der Waals surface area contributed by atoms with Gasteiger partial charge in [0.1, 0.15) is 0 Å². The molecule has 0 amide bonds. The molecule has 90 valence electrons. The standard InChI is InChI=1S/C12H21N3O/c1-9(2)15-7-11(6-14-15)12(8-16)13-5-10-3-4-10/h6-7,9-10,12-13,16H,3-5,8H2,1-2H3. The van der Waals surface area contributed by atoms with Crippen LogP contribution >= 0.6 is 0 Å². The second-order valence-corrected chi connectivity index (χ2v) is 4.93. The van der Waals surface area contributed by atoms with Crippen molar-refractivity contribution < 1.29 is 5.11 Å². The largest absolute Gasteiger partial charge is 0.394 e. The van der Waals surface area contributed by atoms with Gasteiger partial charge in [-0.05, 0) is 39.2 Å². The molecule has 0 radical (unpaired) electrons. The number of nitrogens with one attached hydrogen (secondary N) is 1. The quantitative estimate of drug-likeness (QED) is 0.768. The highest BCUT2D eigenvalue weighted by atomic mass is 16.3. The summed E-state index contributed by atoms with van der Waals surface area (Å²) in [5.41, 5.74) is 1.08. The molecule has 0 aliphatic heterocycles. The van der Waals surface area contributed by atoms with Crippen molar-refractivity contribution in [3.05, 3.63) is 18.0 Å². The monoisotopic (exact) mass is 223 g/mol. The SMILES string of the molecule is CC(C)n1cc(C(CO)NCC2CC2)cn1. The van der Waals surface area contributed by atoms with Crippen LogP contribution in [0.5, 0.6) is 0 Å². The van der Waals surface area contributed by atoms with E-state index in [1.54, 1.807) is 0 Å². The first kappa shape index (κ1) is 11.6. The van der Waals surface area contributed by atoms with Crippen molar-refractivity contribution in [1.82, 2.24) is 15.1 Å². The van der Waals surface area contributed by atoms with E-state index >= 15 is 0 Å². The number of aliphatic hydroxyl groups is 1. The van der Waals surface area contributed by atoms with Crippen molar-refractivity contribution in [3.63, 3.8) is 0 Å². The van der Waals surface area contributed by atoms with Gasteiger partial charge in [-0.15, -0.1) is 0 Å². The zero-order chi connectivity index (χ0) is 11.5. The van der Waals surface area contributed by atoms with Crippen LogP contribution in [0.2, 0.25) is 0 Å². The highest BCUT2D eigenvalue weighted by molar-refractivity contribution is 5.11. The van der Waals surface area contributed by atoms with Crippen LogP contribution in [0.25, 0.3) is 0 Å². The summed E-state index contributed by atoms with van der Waals surface area (Å²) >= 11 is 0. The van der Waals surface area contributed by atoms with Gasteiger partial charge in [0.2, 0.25) is 0 Å². The van der Waals surface area contributed by atoms with Crippen molar-refractivity contribution in [3.8, 4) is 0 Å². The molecule has 1 heterocycles. The van der Waals surface area contributed by atoms with Gasteiger partial charge < -0.3 is 10.4 Å². The molecule has 1 unspecified atom stereocenters. The molecule has 16 heavy (non-hydrogen) atoms. The summed E-state index contributed by atoms with van der Waals surface area (Å²) in [5.74, 6) is 0.828.